The molecule has 18 heavy (non-hydrogen) atoms. The van der Waals surface area contributed by atoms with Crippen molar-refractivity contribution in [3.63, 3.8) is 0 Å². The SMILES string of the molecule is Cc1ccc(O)c(C(C)Nc2cccnc2Cl)c1. The largest absolute Gasteiger partial charge is 0.508 e. The molecule has 2 aromatic rings. The number of phenolic OH excluding ortho intramolecular Hbond substituents is 1. The van der Waals surface area contributed by atoms with E-state index < -0.39 is 0 Å². The maximum absolute atomic E-state index is 9.86. The van der Waals surface area contributed by atoms with Crippen LogP contribution in [0.3, 0.4) is 0 Å². The normalized spacial score (nSPS) is 12.2. The van der Waals surface area contributed by atoms with Crippen molar-refractivity contribution in [3.05, 3.63) is 52.8 Å². The molecule has 0 saturated carbocycles. The van der Waals surface area contributed by atoms with Gasteiger partial charge < -0.3 is 10.4 Å². The molecule has 0 spiro atoms. The Morgan fingerprint density at radius 1 is 1.33 bits per heavy atom. The summed E-state index contributed by atoms with van der Waals surface area (Å²) in [7, 11) is 0. The second kappa shape index (κ2) is 5.27. The summed E-state index contributed by atoms with van der Waals surface area (Å²) in [6.45, 7) is 3.96. The zero-order valence-electron chi connectivity index (χ0n) is 10.3. The van der Waals surface area contributed by atoms with Crippen molar-refractivity contribution >= 4 is 17.3 Å². The van der Waals surface area contributed by atoms with Gasteiger partial charge in [-0.1, -0.05) is 29.3 Å². The first-order valence-corrected chi connectivity index (χ1v) is 6.12. The van der Waals surface area contributed by atoms with Gasteiger partial charge in [-0.3, -0.25) is 0 Å². The average molecular weight is 263 g/mol. The number of benzene rings is 1. The Bertz CT molecular complexity index is 557. The highest BCUT2D eigenvalue weighted by Crippen LogP contribution is 2.29. The van der Waals surface area contributed by atoms with E-state index in [1.165, 1.54) is 0 Å². The molecule has 0 saturated heterocycles. The van der Waals surface area contributed by atoms with Crippen LogP contribution in [-0.2, 0) is 0 Å². The second-order valence-electron chi connectivity index (χ2n) is 4.27. The molecule has 0 aliphatic rings. The number of halogens is 1. The topological polar surface area (TPSA) is 45.1 Å². The van der Waals surface area contributed by atoms with Crippen molar-refractivity contribution in [2.75, 3.05) is 5.32 Å². The first kappa shape index (κ1) is 12.7. The summed E-state index contributed by atoms with van der Waals surface area (Å²) in [4.78, 5) is 4.01. The van der Waals surface area contributed by atoms with E-state index in [9.17, 15) is 5.11 Å². The van der Waals surface area contributed by atoms with Crippen LogP contribution < -0.4 is 5.32 Å². The number of rotatable bonds is 3. The third kappa shape index (κ3) is 2.74. The maximum atomic E-state index is 9.86. The van der Waals surface area contributed by atoms with Gasteiger partial charge in [0.25, 0.3) is 0 Å². The summed E-state index contributed by atoms with van der Waals surface area (Å²) in [5, 5.41) is 13.5. The van der Waals surface area contributed by atoms with E-state index >= 15 is 0 Å². The maximum Gasteiger partial charge on any atom is 0.152 e. The number of hydrogen-bond donors (Lipinski definition) is 2. The molecule has 94 valence electrons. The third-order valence-electron chi connectivity index (χ3n) is 2.78. The lowest BCUT2D eigenvalue weighted by molar-refractivity contribution is 0.465. The van der Waals surface area contributed by atoms with Gasteiger partial charge in [-0.25, -0.2) is 4.98 Å². The Labute approximate surface area is 111 Å². The van der Waals surface area contributed by atoms with E-state index in [1.54, 1.807) is 12.3 Å². The quantitative estimate of drug-likeness (QED) is 0.824. The Morgan fingerprint density at radius 3 is 2.83 bits per heavy atom. The van der Waals surface area contributed by atoms with Crippen LogP contribution in [0.4, 0.5) is 5.69 Å². The van der Waals surface area contributed by atoms with Gasteiger partial charge in [0.1, 0.15) is 5.75 Å². The first-order chi connectivity index (χ1) is 8.58. The fourth-order valence-electron chi connectivity index (χ4n) is 1.83. The minimum Gasteiger partial charge on any atom is -0.508 e. The van der Waals surface area contributed by atoms with Crippen LogP contribution in [-0.4, -0.2) is 10.1 Å². The summed E-state index contributed by atoms with van der Waals surface area (Å²) >= 11 is 5.99. The standard InChI is InChI=1S/C14H15ClN2O/c1-9-5-6-13(18)11(8-9)10(2)17-12-4-3-7-16-14(12)15/h3-8,10,17-18H,1-2H3. The van der Waals surface area contributed by atoms with Crippen molar-refractivity contribution in [1.82, 2.24) is 4.98 Å². The smallest absolute Gasteiger partial charge is 0.152 e. The molecule has 1 unspecified atom stereocenters. The number of phenols is 1. The van der Waals surface area contributed by atoms with Crippen LogP contribution in [0.2, 0.25) is 5.15 Å². The molecule has 0 amide bonds. The second-order valence-corrected chi connectivity index (χ2v) is 4.63. The van der Waals surface area contributed by atoms with Gasteiger partial charge in [0.15, 0.2) is 5.15 Å². The van der Waals surface area contributed by atoms with Crippen LogP contribution in [0.25, 0.3) is 0 Å². The highest BCUT2D eigenvalue weighted by molar-refractivity contribution is 6.31. The van der Waals surface area contributed by atoms with Gasteiger partial charge in [-0.15, -0.1) is 0 Å². The fraction of sp³-hybridized carbons (Fsp3) is 0.214. The van der Waals surface area contributed by atoms with E-state index in [4.69, 9.17) is 11.6 Å². The molecule has 1 aromatic heterocycles. The zero-order chi connectivity index (χ0) is 13.1. The lowest BCUT2D eigenvalue weighted by Crippen LogP contribution is -2.07. The molecule has 3 nitrogen and oxygen atoms in total. The number of anilines is 1. The van der Waals surface area contributed by atoms with E-state index in [0.717, 1.165) is 16.8 Å². The van der Waals surface area contributed by atoms with E-state index in [1.807, 2.05) is 38.1 Å². The molecule has 0 aliphatic carbocycles. The minimum absolute atomic E-state index is 0.0494. The highest BCUT2D eigenvalue weighted by atomic mass is 35.5. The van der Waals surface area contributed by atoms with Crippen LogP contribution in [0, 0.1) is 6.92 Å². The number of nitrogens with one attached hydrogen (secondary N) is 1. The van der Waals surface area contributed by atoms with Crippen molar-refractivity contribution in [2.45, 2.75) is 19.9 Å². The number of hydrogen-bond acceptors (Lipinski definition) is 3. The fourth-order valence-corrected chi connectivity index (χ4v) is 2.00. The Balaban J connectivity index is 2.25. The number of pyridine rings is 1. The van der Waals surface area contributed by atoms with Crippen LogP contribution in [0.15, 0.2) is 36.5 Å². The van der Waals surface area contributed by atoms with Gasteiger partial charge in [0, 0.05) is 11.8 Å². The van der Waals surface area contributed by atoms with E-state index in [-0.39, 0.29) is 11.8 Å². The van der Waals surface area contributed by atoms with Crippen molar-refractivity contribution in [3.8, 4) is 5.75 Å². The summed E-state index contributed by atoms with van der Waals surface area (Å²) < 4.78 is 0. The predicted molar refractivity (Wildman–Crippen MR) is 74.1 cm³/mol. The molecular weight excluding hydrogens is 248 g/mol. The highest BCUT2D eigenvalue weighted by Gasteiger charge is 2.12. The van der Waals surface area contributed by atoms with E-state index in [2.05, 4.69) is 10.3 Å². The summed E-state index contributed by atoms with van der Waals surface area (Å²) in [6.07, 6.45) is 1.64. The van der Waals surface area contributed by atoms with Crippen molar-refractivity contribution in [2.24, 2.45) is 0 Å². The number of nitrogens with zero attached hydrogens (tertiary/aromatic N) is 1. The van der Waals surface area contributed by atoms with Gasteiger partial charge in [0.2, 0.25) is 0 Å². The molecule has 0 radical (unpaired) electrons. The number of aromatic hydroxyl groups is 1. The minimum atomic E-state index is -0.0494. The summed E-state index contributed by atoms with van der Waals surface area (Å²) in [6, 6.07) is 9.16. The average Bonchev–Trinajstić information content (AvgIpc) is 2.35. The van der Waals surface area contributed by atoms with Crippen LogP contribution in [0.1, 0.15) is 24.1 Å². The summed E-state index contributed by atoms with van der Waals surface area (Å²) in [5.41, 5.74) is 2.70. The monoisotopic (exact) mass is 262 g/mol. The molecular formula is C14H15ClN2O. The lowest BCUT2D eigenvalue weighted by atomic mass is 10.0. The molecule has 2 N–H and O–H groups in total. The Morgan fingerprint density at radius 2 is 2.11 bits per heavy atom. The number of aromatic nitrogens is 1. The van der Waals surface area contributed by atoms with Crippen molar-refractivity contribution < 1.29 is 5.11 Å². The Kier molecular flexibility index (Phi) is 3.72. The summed E-state index contributed by atoms with van der Waals surface area (Å²) in [5.74, 6) is 0.278. The number of aryl methyl sites for hydroxylation is 1. The molecule has 2 rings (SSSR count). The zero-order valence-corrected chi connectivity index (χ0v) is 11.1. The van der Waals surface area contributed by atoms with Crippen molar-refractivity contribution in [1.29, 1.82) is 0 Å². The Hall–Kier alpha value is -1.74. The van der Waals surface area contributed by atoms with Gasteiger partial charge in [-0.2, -0.15) is 0 Å². The molecule has 0 aliphatic heterocycles. The lowest BCUT2D eigenvalue weighted by Gasteiger charge is -2.17. The first-order valence-electron chi connectivity index (χ1n) is 5.74. The molecule has 0 bridgehead atoms. The van der Waals surface area contributed by atoms with Crippen LogP contribution >= 0.6 is 11.6 Å². The van der Waals surface area contributed by atoms with Gasteiger partial charge >= 0.3 is 0 Å². The molecule has 0 fully saturated rings. The molecule has 1 atom stereocenters. The van der Waals surface area contributed by atoms with E-state index in [0.29, 0.717) is 5.15 Å². The van der Waals surface area contributed by atoms with Gasteiger partial charge in [0.05, 0.1) is 11.7 Å². The predicted octanol–water partition coefficient (Wildman–Crippen LogP) is 3.92. The van der Waals surface area contributed by atoms with Gasteiger partial charge in [-0.05, 0) is 32.0 Å². The third-order valence-corrected chi connectivity index (χ3v) is 3.08. The molecule has 4 heteroatoms. The molecule has 1 aromatic carbocycles. The molecule has 1 heterocycles. The van der Waals surface area contributed by atoms with Crippen LogP contribution in [0.5, 0.6) is 5.75 Å².